The van der Waals surface area contributed by atoms with Gasteiger partial charge in [-0.2, -0.15) is 9.97 Å². The lowest BCUT2D eigenvalue weighted by Crippen LogP contribution is -2.62. The van der Waals surface area contributed by atoms with E-state index in [1.54, 1.807) is 6.07 Å². The highest BCUT2D eigenvalue weighted by Crippen LogP contribution is 2.45. The molecule has 4 fully saturated rings. The van der Waals surface area contributed by atoms with Crippen molar-refractivity contribution in [2.45, 2.75) is 62.0 Å². The number of nitrogens with two attached hydrogens (primary N) is 1. The molecule has 2 aromatic carbocycles. The van der Waals surface area contributed by atoms with Crippen molar-refractivity contribution in [3.05, 3.63) is 34.9 Å². The standard InChI is InChI=1S/C30H31ClF3N7O2S/c31-20-8-19-24(23(34)22(20)18-2-3-21(33)26-25(18)37-28(35)44-26)38-29(43-13-30-4-1-5-40(30)12-14(32)9-30)39-27(19)41-15-6-17(42)7-16(41)11-36-10-15/h2-3,8,14-17,36,42H,1,4-7,9-13H2,(H2,35,37)/t14-,15?,16?,17?,30+/m1/s1. The molecule has 4 aliphatic rings. The number of hydrogen-bond donors (Lipinski definition) is 3. The average molecular weight is 646 g/mol. The molecule has 232 valence electrons. The average Bonchev–Trinajstić information content (AvgIpc) is 3.64. The fraction of sp³-hybridized carbons (Fsp3) is 0.500. The minimum atomic E-state index is -0.923. The quantitative estimate of drug-likeness (QED) is 0.285. The summed E-state index contributed by atoms with van der Waals surface area (Å²) in [6, 6.07) is 4.12. The molecule has 4 aromatic rings. The maximum atomic E-state index is 16.8. The second-order valence-corrected chi connectivity index (χ2v) is 13.9. The van der Waals surface area contributed by atoms with E-state index in [9.17, 15) is 13.9 Å². The van der Waals surface area contributed by atoms with Gasteiger partial charge in [0.25, 0.3) is 0 Å². The van der Waals surface area contributed by atoms with Crippen LogP contribution in [0.5, 0.6) is 6.01 Å². The molecule has 0 radical (unpaired) electrons. The summed E-state index contributed by atoms with van der Waals surface area (Å²) >= 11 is 7.80. The predicted octanol–water partition coefficient (Wildman–Crippen LogP) is 4.68. The van der Waals surface area contributed by atoms with Gasteiger partial charge in [-0.1, -0.05) is 22.9 Å². The molecule has 0 aliphatic carbocycles. The number of rotatable bonds is 5. The fourth-order valence-electron chi connectivity index (χ4n) is 7.89. The Hall–Kier alpha value is -2.97. The molecular weight excluding hydrogens is 615 g/mol. The molecule has 9 nitrogen and oxygen atoms in total. The van der Waals surface area contributed by atoms with Crippen molar-refractivity contribution in [3.8, 4) is 17.1 Å². The van der Waals surface area contributed by atoms with Crippen molar-refractivity contribution >= 4 is 55.0 Å². The zero-order chi connectivity index (χ0) is 30.3. The number of thiazole rings is 1. The fourth-order valence-corrected chi connectivity index (χ4v) is 8.94. The van der Waals surface area contributed by atoms with E-state index in [2.05, 4.69) is 25.1 Å². The highest BCUT2D eigenvalue weighted by atomic mass is 35.5. The number of piperidine rings is 1. The van der Waals surface area contributed by atoms with Crippen LogP contribution in [-0.4, -0.2) is 87.6 Å². The van der Waals surface area contributed by atoms with E-state index in [-0.39, 0.29) is 56.2 Å². The number of anilines is 2. The molecule has 0 spiro atoms. The monoisotopic (exact) mass is 645 g/mol. The van der Waals surface area contributed by atoms with Gasteiger partial charge in [-0.15, -0.1) is 0 Å². The number of nitrogen functional groups attached to an aromatic ring is 1. The third-order valence-electron chi connectivity index (χ3n) is 9.73. The number of aliphatic hydroxyl groups excluding tert-OH is 1. The van der Waals surface area contributed by atoms with E-state index in [4.69, 9.17) is 27.1 Å². The summed E-state index contributed by atoms with van der Waals surface area (Å²) in [6.07, 6.45) is 1.80. The number of ether oxygens (including phenoxy) is 1. The van der Waals surface area contributed by atoms with Gasteiger partial charge in [0.15, 0.2) is 10.9 Å². The Balaban J connectivity index is 1.29. The minimum absolute atomic E-state index is 0.00204. The molecule has 0 saturated carbocycles. The van der Waals surface area contributed by atoms with Gasteiger partial charge in [0.05, 0.1) is 26.9 Å². The van der Waals surface area contributed by atoms with Gasteiger partial charge in [0.2, 0.25) is 0 Å². The van der Waals surface area contributed by atoms with Crippen LogP contribution in [0.2, 0.25) is 5.02 Å². The maximum Gasteiger partial charge on any atom is 0.319 e. The van der Waals surface area contributed by atoms with Crippen molar-refractivity contribution in [2.24, 2.45) is 0 Å². The Kier molecular flexibility index (Phi) is 6.83. The molecule has 4 N–H and O–H groups in total. The molecule has 4 saturated heterocycles. The first-order valence-electron chi connectivity index (χ1n) is 14.9. The van der Waals surface area contributed by atoms with E-state index in [1.807, 2.05) is 0 Å². The molecule has 0 amide bonds. The number of halogens is 4. The van der Waals surface area contributed by atoms with Crippen molar-refractivity contribution in [3.63, 3.8) is 0 Å². The molecule has 4 atom stereocenters. The van der Waals surface area contributed by atoms with E-state index in [0.717, 1.165) is 30.7 Å². The minimum Gasteiger partial charge on any atom is -0.461 e. The molecule has 6 heterocycles. The topological polar surface area (TPSA) is 113 Å². The first kappa shape index (κ1) is 28.5. The first-order chi connectivity index (χ1) is 21.2. The lowest BCUT2D eigenvalue weighted by atomic mass is 9.89. The second kappa shape index (κ2) is 10.5. The van der Waals surface area contributed by atoms with Crippen LogP contribution in [0.4, 0.5) is 24.1 Å². The van der Waals surface area contributed by atoms with Crippen molar-refractivity contribution < 1.29 is 23.0 Å². The molecule has 4 aliphatic heterocycles. The Morgan fingerprint density at radius 1 is 1.16 bits per heavy atom. The number of aliphatic hydroxyl groups is 1. The lowest BCUT2D eigenvalue weighted by Gasteiger charge is -2.49. The number of aromatic nitrogens is 3. The Bertz CT molecular complexity index is 1780. The zero-order valence-electron chi connectivity index (χ0n) is 23.7. The number of alkyl halides is 1. The van der Waals surface area contributed by atoms with Crippen LogP contribution in [0.25, 0.3) is 32.2 Å². The summed E-state index contributed by atoms with van der Waals surface area (Å²) in [7, 11) is 0. The zero-order valence-corrected chi connectivity index (χ0v) is 25.3. The molecule has 2 unspecified atom stereocenters. The van der Waals surface area contributed by atoms with Crippen LogP contribution in [-0.2, 0) is 0 Å². The number of fused-ring (bicyclic) bond motifs is 5. The summed E-state index contributed by atoms with van der Waals surface area (Å²) in [5.41, 5.74) is 5.99. The summed E-state index contributed by atoms with van der Waals surface area (Å²) < 4.78 is 52.4. The van der Waals surface area contributed by atoms with Gasteiger partial charge < -0.3 is 25.8 Å². The summed E-state index contributed by atoms with van der Waals surface area (Å²) in [5.74, 6) is -0.754. The van der Waals surface area contributed by atoms with Crippen LogP contribution >= 0.6 is 22.9 Å². The van der Waals surface area contributed by atoms with Gasteiger partial charge in [-0.05, 0) is 50.4 Å². The van der Waals surface area contributed by atoms with Gasteiger partial charge in [0.1, 0.15) is 29.9 Å². The van der Waals surface area contributed by atoms with Gasteiger partial charge >= 0.3 is 6.01 Å². The van der Waals surface area contributed by atoms with E-state index >= 15 is 4.39 Å². The first-order valence-corrected chi connectivity index (χ1v) is 16.1. The van der Waals surface area contributed by atoms with Gasteiger partial charge in [-0.25, -0.2) is 18.2 Å². The smallest absolute Gasteiger partial charge is 0.319 e. The normalized spacial score (nSPS) is 28.7. The van der Waals surface area contributed by atoms with Gasteiger partial charge in [0, 0.05) is 54.7 Å². The highest BCUT2D eigenvalue weighted by Gasteiger charge is 2.49. The Morgan fingerprint density at radius 2 is 1.95 bits per heavy atom. The summed E-state index contributed by atoms with van der Waals surface area (Å²) in [6.45, 7) is 2.62. The molecular formula is C30H31ClF3N7O2S. The SMILES string of the molecule is Nc1nc2c(-c3c(Cl)cc4c(N5C6CNCC5CC(O)C6)nc(OC[C@@]56CCCN5C[C@H](F)C6)nc4c3F)ccc(F)c2s1. The van der Waals surface area contributed by atoms with Crippen LogP contribution in [0, 0.1) is 11.6 Å². The van der Waals surface area contributed by atoms with E-state index in [0.29, 0.717) is 55.7 Å². The molecule has 44 heavy (non-hydrogen) atoms. The Labute approximate surface area is 260 Å². The molecule has 8 rings (SSSR count). The molecule has 14 heteroatoms. The van der Waals surface area contributed by atoms with Crippen molar-refractivity contribution in [1.82, 2.24) is 25.2 Å². The van der Waals surface area contributed by atoms with E-state index in [1.165, 1.54) is 12.1 Å². The number of hydrogen-bond acceptors (Lipinski definition) is 10. The van der Waals surface area contributed by atoms with Crippen LogP contribution in [0.15, 0.2) is 18.2 Å². The largest absolute Gasteiger partial charge is 0.461 e. The number of nitrogens with one attached hydrogen (secondary N) is 1. The summed E-state index contributed by atoms with van der Waals surface area (Å²) in [4.78, 5) is 18.0. The highest BCUT2D eigenvalue weighted by molar-refractivity contribution is 7.22. The lowest BCUT2D eigenvalue weighted by molar-refractivity contribution is 0.0968. The third kappa shape index (κ3) is 4.50. The second-order valence-electron chi connectivity index (χ2n) is 12.5. The number of nitrogens with zero attached hydrogens (tertiary/aromatic N) is 5. The van der Waals surface area contributed by atoms with Crippen LogP contribution in [0.1, 0.15) is 32.1 Å². The third-order valence-corrected chi connectivity index (χ3v) is 10.9. The summed E-state index contributed by atoms with van der Waals surface area (Å²) in [5, 5.41) is 14.6. The molecule has 2 aromatic heterocycles. The maximum absolute atomic E-state index is 16.8. The van der Waals surface area contributed by atoms with Crippen molar-refractivity contribution in [1.29, 1.82) is 0 Å². The van der Waals surface area contributed by atoms with E-state index < -0.39 is 29.4 Å². The van der Waals surface area contributed by atoms with Crippen LogP contribution in [0.3, 0.4) is 0 Å². The van der Waals surface area contributed by atoms with Crippen molar-refractivity contribution in [2.75, 3.05) is 43.4 Å². The Morgan fingerprint density at radius 3 is 2.75 bits per heavy atom. The predicted molar refractivity (Wildman–Crippen MR) is 164 cm³/mol. The number of benzene rings is 2. The van der Waals surface area contributed by atoms with Gasteiger partial charge in [-0.3, -0.25) is 4.90 Å². The number of piperazine rings is 1. The molecule has 2 bridgehead atoms. The van der Waals surface area contributed by atoms with Crippen LogP contribution < -0.4 is 20.7 Å².